The molecule has 1 fully saturated rings. The Labute approximate surface area is 147 Å². The zero-order chi connectivity index (χ0) is 17.6. The van der Waals surface area contributed by atoms with Crippen molar-refractivity contribution in [3.63, 3.8) is 0 Å². The van der Waals surface area contributed by atoms with E-state index in [0.717, 1.165) is 24.0 Å². The van der Waals surface area contributed by atoms with Crippen molar-refractivity contribution in [2.45, 2.75) is 0 Å². The number of nitrogens with one attached hydrogen (secondary N) is 1. The van der Waals surface area contributed by atoms with Crippen molar-refractivity contribution in [3.8, 4) is 0 Å². The number of hydrogen-bond donors (Lipinski definition) is 1. The molecule has 3 rings (SSSR count). The molecule has 0 bridgehead atoms. The van der Waals surface area contributed by atoms with Crippen LogP contribution in [0.3, 0.4) is 0 Å². The lowest BCUT2D eigenvalue weighted by atomic mass is 10.0. The summed E-state index contributed by atoms with van der Waals surface area (Å²) in [6, 6.07) is 14.3. The number of carbonyl (C=O) groups excluding carboxylic acids is 2. The van der Waals surface area contributed by atoms with E-state index in [1.165, 1.54) is 5.39 Å². The quantitative estimate of drug-likeness (QED) is 0.865. The third-order valence-electron chi connectivity index (χ3n) is 4.56. The van der Waals surface area contributed by atoms with Gasteiger partial charge in [-0.1, -0.05) is 42.5 Å². The minimum atomic E-state index is 0.00984. The monoisotopic (exact) mass is 337 g/mol. The fourth-order valence-electron chi connectivity index (χ4n) is 3.07. The topological polar surface area (TPSA) is 52.7 Å². The minimum absolute atomic E-state index is 0.00984. The van der Waals surface area contributed by atoms with Crippen molar-refractivity contribution in [1.82, 2.24) is 15.1 Å². The number of rotatable bonds is 4. The van der Waals surface area contributed by atoms with Crippen LogP contribution in [-0.2, 0) is 9.59 Å². The zero-order valence-electron chi connectivity index (χ0n) is 14.4. The molecule has 25 heavy (non-hydrogen) atoms. The van der Waals surface area contributed by atoms with Crippen LogP contribution in [0.5, 0.6) is 0 Å². The standard InChI is InChI=1S/C20H23N3O2/c1-21-19(24)15-22-11-13-23(14-12-22)20(25)10-9-17-7-4-6-16-5-2-3-8-18(16)17/h2-10H,11-15H2,1H3,(H,21,24)/b10-9+. The average Bonchev–Trinajstić information content (AvgIpc) is 2.66. The predicted molar refractivity (Wildman–Crippen MR) is 100 cm³/mol. The van der Waals surface area contributed by atoms with E-state index in [4.69, 9.17) is 0 Å². The number of benzene rings is 2. The van der Waals surface area contributed by atoms with Crippen LogP contribution in [0.2, 0.25) is 0 Å². The van der Waals surface area contributed by atoms with E-state index < -0.39 is 0 Å². The van der Waals surface area contributed by atoms with E-state index in [-0.39, 0.29) is 11.8 Å². The molecule has 1 heterocycles. The Morgan fingerprint density at radius 1 is 1.04 bits per heavy atom. The van der Waals surface area contributed by atoms with Gasteiger partial charge in [0, 0.05) is 39.3 Å². The van der Waals surface area contributed by atoms with Crippen molar-refractivity contribution in [2.75, 3.05) is 39.8 Å². The van der Waals surface area contributed by atoms with Gasteiger partial charge in [-0.15, -0.1) is 0 Å². The van der Waals surface area contributed by atoms with Crippen molar-refractivity contribution in [2.24, 2.45) is 0 Å². The van der Waals surface area contributed by atoms with Gasteiger partial charge in [-0.05, 0) is 22.4 Å². The third kappa shape index (κ3) is 4.25. The second-order valence-electron chi connectivity index (χ2n) is 6.18. The summed E-state index contributed by atoms with van der Waals surface area (Å²) in [7, 11) is 1.64. The molecule has 130 valence electrons. The van der Waals surface area contributed by atoms with E-state index in [9.17, 15) is 9.59 Å². The summed E-state index contributed by atoms with van der Waals surface area (Å²) in [6.07, 6.45) is 3.54. The van der Waals surface area contributed by atoms with E-state index in [1.807, 2.05) is 35.2 Å². The van der Waals surface area contributed by atoms with Gasteiger partial charge >= 0.3 is 0 Å². The second-order valence-corrected chi connectivity index (χ2v) is 6.18. The predicted octanol–water partition coefficient (Wildman–Crippen LogP) is 1.74. The Morgan fingerprint density at radius 2 is 1.76 bits per heavy atom. The van der Waals surface area contributed by atoms with Gasteiger partial charge in [0.05, 0.1) is 6.54 Å². The molecule has 0 atom stereocenters. The molecule has 5 heteroatoms. The van der Waals surface area contributed by atoms with Gasteiger partial charge < -0.3 is 10.2 Å². The van der Waals surface area contributed by atoms with Crippen LogP contribution in [-0.4, -0.2) is 61.4 Å². The molecule has 0 saturated carbocycles. The number of piperazine rings is 1. The first kappa shape index (κ1) is 17.2. The maximum Gasteiger partial charge on any atom is 0.246 e. The number of amides is 2. The van der Waals surface area contributed by atoms with Crippen molar-refractivity contribution < 1.29 is 9.59 Å². The van der Waals surface area contributed by atoms with Gasteiger partial charge in [0.25, 0.3) is 0 Å². The van der Waals surface area contributed by atoms with Gasteiger partial charge in [-0.3, -0.25) is 14.5 Å². The lowest BCUT2D eigenvalue weighted by molar-refractivity contribution is -0.128. The summed E-state index contributed by atoms with van der Waals surface area (Å²) in [5, 5.41) is 4.94. The number of carbonyl (C=O) groups is 2. The highest BCUT2D eigenvalue weighted by Crippen LogP contribution is 2.19. The van der Waals surface area contributed by atoms with Crippen LogP contribution >= 0.6 is 0 Å². The molecule has 0 spiro atoms. The lowest BCUT2D eigenvalue weighted by Gasteiger charge is -2.33. The molecule has 5 nitrogen and oxygen atoms in total. The highest BCUT2D eigenvalue weighted by molar-refractivity contribution is 5.96. The van der Waals surface area contributed by atoms with Crippen LogP contribution in [0.1, 0.15) is 5.56 Å². The van der Waals surface area contributed by atoms with Crippen LogP contribution in [0, 0.1) is 0 Å². The summed E-state index contributed by atoms with van der Waals surface area (Å²) in [5.74, 6) is 0.0307. The normalized spacial score (nSPS) is 15.6. The molecule has 0 aliphatic carbocycles. The molecule has 1 aliphatic heterocycles. The van der Waals surface area contributed by atoms with Gasteiger partial charge in [-0.25, -0.2) is 0 Å². The highest BCUT2D eigenvalue weighted by Gasteiger charge is 2.20. The maximum atomic E-state index is 12.4. The Kier molecular flexibility index (Phi) is 5.46. The summed E-state index contributed by atoms with van der Waals surface area (Å²) >= 11 is 0. The number of fused-ring (bicyclic) bond motifs is 1. The molecule has 2 amide bonds. The number of nitrogens with zero attached hydrogens (tertiary/aromatic N) is 2. The van der Waals surface area contributed by atoms with Crippen molar-refractivity contribution >= 4 is 28.7 Å². The molecule has 1 saturated heterocycles. The van der Waals surface area contributed by atoms with E-state index >= 15 is 0 Å². The van der Waals surface area contributed by atoms with E-state index in [1.54, 1.807) is 13.1 Å². The Balaban J connectivity index is 1.61. The minimum Gasteiger partial charge on any atom is -0.358 e. The molecule has 0 radical (unpaired) electrons. The van der Waals surface area contributed by atoms with Crippen LogP contribution < -0.4 is 5.32 Å². The number of likely N-dealkylation sites (N-methyl/N-ethyl adjacent to an activating group) is 1. The molecule has 0 unspecified atom stereocenters. The summed E-state index contributed by atoms with van der Waals surface area (Å²) in [5.41, 5.74) is 1.05. The molecule has 1 N–H and O–H groups in total. The SMILES string of the molecule is CNC(=O)CN1CCN(C(=O)/C=C/c2cccc3ccccc23)CC1. The van der Waals surface area contributed by atoms with E-state index in [2.05, 4.69) is 28.4 Å². The van der Waals surface area contributed by atoms with Gasteiger partial charge in [0.15, 0.2) is 0 Å². The van der Waals surface area contributed by atoms with Gasteiger partial charge in [0.1, 0.15) is 0 Å². The molecule has 0 aromatic heterocycles. The fourth-order valence-corrected chi connectivity index (χ4v) is 3.07. The van der Waals surface area contributed by atoms with Crippen LogP contribution in [0.4, 0.5) is 0 Å². The number of hydrogen-bond acceptors (Lipinski definition) is 3. The second kappa shape index (κ2) is 7.94. The summed E-state index contributed by atoms with van der Waals surface area (Å²) in [4.78, 5) is 27.8. The first-order valence-corrected chi connectivity index (χ1v) is 8.55. The zero-order valence-corrected chi connectivity index (χ0v) is 14.4. The molecule has 2 aromatic rings. The fraction of sp³-hybridized carbons (Fsp3) is 0.300. The average molecular weight is 337 g/mol. The van der Waals surface area contributed by atoms with Crippen molar-refractivity contribution in [1.29, 1.82) is 0 Å². The maximum absolute atomic E-state index is 12.4. The molecular formula is C20H23N3O2. The van der Waals surface area contributed by atoms with Gasteiger partial charge in [0.2, 0.25) is 11.8 Å². The van der Waals surface area contributed by atoms with Crippen LogP contribution in [0.15, 0.2) is 48.5 Å². The Hall–Kier alpha value is -2.66. The van der Waals surface area contributed by atoms with Crippen molar-refractivity contribution in [3.05, 3.63) is 54.1 Å². The Morgan fingerprint density at radius 3 is 2.52 bits per heavy atom. The van der Waals surface area contributed by atoms with E-state index in [0.29, 0.717) is 19.6 Å². The molecular weight excluding hydrogens is 314 g/mol. The summed E-state index contributed by atoms with van der Waals surface area (Å²) in [6.45, 7) is 3.14. The smallest absolute Gasteiger partial charge is 0.246 e. The Bertz CT molecular complexity index is 787. The molecule has 1 aliphatic rings. The highest BCUT2D eigenvalue weighted by atomic mass is 16.2. The van der Waals surface area contributed by atoms with Crippen LogP contribution in [0.25, 0.3) is 16.8 Å². The summed E-state index contributed by atoms with van der Waals surface area (Å²) < 4.78 is 0. The molecule has 2 aromatic carbocycles. The largest absolute Gasteiger partial charge is 0.358 e. The first-order chi connectivity index (χ1) is 12.2. The first-order valence-electron chi connectivity index (χ1n) is 8.55. The third-order valence-corrected chi connectivity index (χ3v) is 4.56. The van der Waals surface area contributed by atoms with Gasteiger partial charge in [-0.2, -0.15) is 0 Å². The lowest BCUT2D eigenvalue weighted by Crippen LogP contribution is -2.50.